The quantitative estimate of drug-likeness (QED) is 0.125. The van der Waals surface area contributed by atoms with Gasteiger partial charge >= 0.3 is 41.5 Å². The van der Waals surface area contributed by atoms with Crippen LogP contribution in [0.15, 0.2) is 0 Å². The van der Waals surface area contributed by atoms with Gasteiger partial charge in [0.15, 0.2) is 5.96 Å². The molecule has 0 spiro atoms. The molecule has 0 fully saturated rings. The number of nitrogens with two attached hydrogens (primary N) is 1. The van der Waals surface area contributed by atoms with Crippen LogP contribution in [-0.4, -0.2) is 42.2 Å². The molecule has 0 amide bonds. The molecular weight excluding hydrogens is 213 g/mol. The van der Waals surface area contributed by atoms with Crippen molar-refractivity contribution in [3.63, 3.8) is 0 Å². The van der Waals surface area contributed by atoms with Gasteiger partial charge in [-0.25, -0.2) is 9.59 Å². The summed E-state index contributed by atoms with van der Waals surface area (Å²) in [5.74, 6) is -3.34. The van der Waals surface area contributed by atoms with Gasteiger partial charge in [-0.3, -0.25) is 10.2 Å². The Labute approximate surface area is 110 Å². The summed E-state index contributed by atoms with van der Waals surface area (Å²) in [6.45, 7) is 0.638. The fourth-order valence-corrected chi connectivity index (χ4v) is 0.486. The van der Waals surface area contributed by atoms with Crippen LogP contribution in [0.5, 0.6) is 0 Å². The number of rotatable bonds is 3. The first kappa shape index (κ1) is 16.5. The number of likely N-dealkylation sites (N-methyl/N-ethyl adjacent to an activating group) is 1. The topological polar surface area (TPSA) is 114 Å². The van der Waals surface area contributed by atoms with Crippen LogP contribution in [0.4, 0.5) is 0 Å². The maximum absolute atomic E-state index is 10.9. The molecule has 0 bridgehead atoms. The zero-order valence-corrected chi connectivity index (χ0v) is 10.9. The van der Waals surface area contributed by atoms with E-state index in [0.29, 0.717) is 0 Å². The van der Waals surface area contributed by atoms with Crippen molar-refractivity contribution in [1.29, 1.82) is 5.41 Å². The van der Waals surface area contributed by atoms with Crippen molar-refractivity contribution in [2.75, 3.05) is 13.6 Å². The predicted molar refractivity (Wildman–Crippen MR) is 47.4 cm³/mol. The van der Waals surface area contributed by atoms with E-state index in [2.05, 4.69) is 4.74 Å². The third-order valence-electron chi connectivity index (χ3n) is 1.27. The molecule has 80 valence electrons. The van der Waals surface area contributed by atoms with E-state index in [1.54, 1.807) is 0 Å². The number of hydrogen-bond donors (Lipinski definition) is 2. The van der Waals surface area contributed by atoms with Crippen molar-refractivity contribution in [2.24, 2.45) is 5.73 Å². The number of esters is 2. The van der Waals surface area contributed by atoms with E-state index in [0.717, 1.165) is 11.8 Å². The van der Waals surface area contributed by atoms with Crippen molar-refractivity contribution >= 4 is 23.7 Å². The number of nitrogens with one attached hydrogen (secondary N) is 1. The van der Waals surface area contributed by atoms with E-state index in [1.165, 1.54) is 7.05 Å². The van der Waals surface area contributed by atoms with Gasteiger partial charge in [0.1, 0.15) is 6.54 Å². The van der Waals surface area contributed by atoms with Crippen molar-refractivity contribution in [3.8, 4) is 0 Å². The number of ketones is 1. The SMILES string of the molecule is CC(=O)C(=O)OC(=O)CN(C)C(=N)N.[H-].[Na+]. The zero-order valence-electron chi connectivity index (χ0n) is 9.86. The standard InChI is InChI=1S/C7H11N3O4.Na.H/c1-4(11)6(13)14-5(12)3-10(2)7(8)9;;/h3H2,1-2H3,(H3,8,9);;/q;+1;-1. The van der Waals surface area contributed by atoms with Crippen LogP contribution >= 0.6 is 0 Å². The fourth-order valence-electron chi connectivity index (χ4n) is 0.486. The molecule has 0 aliphatic heterocycles. The Morgan fingerprint density at radius 2 is 1.93 bits per heavy atom. The van der Waals surface area contributed by atoms with Crippen molar-refractivity contribution in [1.82, 2.24) is 4.90 Å². The van der Waals surface area contributed by atoms with Gasteiger partial charge in [-0.1, -0.05) is 0 Å². The van der Waals surface area contributed by atoms with Crippen LogP contribution < -0.4 is 35.3 Å². The van der Waals surface area contributed by atoms with Gasteiger partial charge in [0.25, 0.3) is 0 Å². The van der Waals surface area contributed by atoms with Gasteiger partial charge in [-0.05, 0) is 0 Å². The summed E-state index contributed by atoms with van der Waals surface area (Å²) in [7, 11) is 1.38. The molecule has 0 aromatic carbocycles. The normalized spacial score (nSPS) is 8.40. The van der Waals surface area contributed by atoms with E-state index >= 15 is 0 Å². The fraction of sp³-hybridized carbons (Fsp3) is 0.429. The second kappa shape index (κ2) is 7.38. The Balaban J connectivity index is -0.000000845. The van der Waals surface area contributed by atoms with Crippen LogP contribution in [0.25, 0.3) is 0 Å². The van der Waals surface area contributed by atoms with Crippen molar-refractivity contribution in [2.45, 2.75) is 6.92 Å². The summed E-state index contributed by atoms with van der Waals surface area (Å²) in [5.41, 5.74) is 5.02. The van der Waals surface area contributed by atoms with Gasteiger partial charge < -0.3 is 16.8 Å². The third kappa shape index (κ3) is 7.06. The van der Waals surface area contributed by atoms with Gasteiger partial charge in [-0.2, -0.15) is 0 Å². The molecular formula is C7H12N3NaO4. The molecule has 7 nitrogen and oxygen atoms in total. The number of nitrogens with zero attached hydrogens (tertiary/aromatic N) is 1. The maximum Gasteiger partial charge on any atom is 1.00 e. The van der Waals surface area contributed by atoms with E-state index in [-0.39, 0.29) is 43.5 Å². The van der Waals surface area contributed by atoms with Crippen LogP contribution in [0.3, 0.4) is 0 Å². The Bertz CT molecular complexity index is 297. The molecule has 0 saturated carbocycles. The largest absolute Gasteiger partial charge is 1.00 e. The average Bonchev–Trinajstić information content (AvgIpc) is 2.03. The van der Waals surface area contributed by atoms with Crippen LogP contribution in [-0.2, 0) is 19.1 Å². The molecule has 0 saturated heterocycles. The smallest absolute Gasteiger partial charge is 1.00 e. The number of carbonyl (C=O) groups excluding carboxylic acids is 3. The number of hydrogen-bond acceptors (Lipinski definition) is 5. The molecule has 0 radical (unpaired) electrons. The maximum atomic E-state index is 10.9. The van der Waals surface area contributed by atoms with Crippen LogP contribution in [0.2, 0.25) is 0 Å². The molecule has 0 unspecified atom stereocenters. The minimum absolute atomic E-state index is 0. The molecule has 8 heteroatoms. The Morgan fingerprint density at radius 1 is 1.47 bits per heavy atom. The summed E-state index contributed by atoms with van der Waals surface area (Å²) in [5, 5.41) is 6.90. The Hall–Kier alpha value is -0.920. The van der Waals surface area contributed by atoms with Gasteiger partial charge in [0.05, 0.1) is 0 Å². The summed E-state index contributed by atoms with van der Waals surface area (Å²) in [4.78, 5) is 32.9. The summed E-state index contributed by atoms with van der Waals surface area (Å²) in [6, 6.07) is 0. The number of ether oxygens (including phenoxy) is 1. The molecule has 0 aliphatic rings. The third-order valence-corrected chi connectivity index (χ3v) is 1.27. The van der Waals surface area contributed by atoms with Gasteiger partial charge in [0, 0.05) is 14.0 Å². The molecule has 3 N–H and O–H groups in total. The number of Topliss-reactive ketones (excluding diaryl/α,β-unsaturated/α-hetero) is 1. The monoisotopic (exact) mass is 225 g/mol. The van der Waals surface area contributed by atoms with E-state index in [1.807, 2.05) is 0 Å². The molecule has 0 aliphatic carbocycles. The minimum Gasteiger partial charge on any atom is -1.00 e. The Morgan fingerprint density at radius 3 is 2.27 bits per heavy atom. The molecule has 15 heavy (non-hydrogen) atoms. The second-order valence-electron chi connectivity index (χ2n) is 2.56. The second-order valence-corrected chi connectivity index (χ2v) is 2.56. The molecule has 0 rings (SSSR count). The summed E-state index contributed by atoms with van der Waals surface area (Å²) in [6.07, 6.45) is 0. The number of carbonyl (C=O) groups is 3. The Kier molecular flexibility index (Phi) is 8.12. The van der Waals surface area contributed by atoms with Crippen molar-refractivity contribution < 1.29 is 50.1 Å². The minimum atomic E-state index is -1.22. The van der Waals surface area contributed by atoms with E-state index < -0.39 is 17.7 Å². The molecule has 0 aromatic rings. The van der Waals surface area contributed by atoms with E-state index in [4.69, 9.17) is 11.1 Å². The van der Waals surface area contributed by atoms with Crippen molar-refractivity contribution in [3.05, 3.63) is 0 Å². The van der Waals surface area contributed by atoms with Crippen LogP contribution in [0, 0.1) is 5.41 Å². The van der Waals surface area contributed by atoms with Gasteiger partial charge in [0.2, 0.25) is 5.78 Å². The zero-order chi connectivity index (χ0) is 11.3. The first-order valence-corrected chi connectivity index (χ1v) is 3.65. The molecule has 0 atom stereocenters. The summed E-state index contributed by atoms with van der Waals surface area (Å²) >= 11 is 0. The number of guanidine groups is 1. The average molecular weight is 225 g/mol. The summed E-state index contributed by atoms with van der Waals surface area (Å²) < 4.78 is 4.11. The predicted octanol–water partition coefficient (Wildman–Crippen LogP) is -4.41. The first-order valence-electron chi connectivity index (χ1n) is 3.65. The van der Waals surface area contributed by atoms with E-state index in [9.17, 15) is 14.4 Å². The molecule has 0 heterocycles. The van der Waals surface area contributed by atoms with Crippen LogP contribution in [0.1, 0.15) is 8.35 Å². The van der Waals surface area contributed by atoms with Gasteiger partial charge in [-0.15, -0.1) is 0 Å². The first-order chi connectivity index (χ1) is 6.34. The molecule has 0 aromatic heterocycles.